The predicted octanol–water partition coefficient (Wildman–Crippen LogP) is 3.88. The summed E-state index contributed by atoms with van der Waals surface area (Å²) in [5.74, 6) is -0.342. The lowest BCUT2D eigenvalue weighted by Crippen LogP contribution is -2.52. The molecule has 2 aromatic rings. The van der Waals surface area contributed by atoms with Crippen molar-refractivity contribution in [2.45, 2.75) is 59.5 Å². The van der Waals surface area contributed by atoms with E-state index in [9.17, 15) is 18.0 Å². The first kappa shape index (κ1) is 29.2. The molecule has 2 aromatic carbocycles. The number of amides is 2. The van der Waals surface area contributed by atoms with Crippen LogP contribution in [0.15, 0.2) is 48.5 Å². The summed E-state index contributed by atoms with van der Waals surface area (Å²) in [7, 11) is -3.83. The van der Waals surface area contributed by atoms with E-state index in [1.54, 1.807) is 31.2 Å². The summed E-state index contributed by atoms with van der Waals surface area (Å²) in [6.07, 6.45) is 3.22. The summed E-state index contributed by atoms with van der Waals surface area (Å²) in [5.41, 5.74) is 2.18. The molecule has 2 amide bonds. The Bertz CT molecular complexity index is 1120. The lowest BCUT2D eigenvalue weighted by molar-refractivity contribution is -0.140. The maximum Gasteiger partial charge on any atom is 0.244 e. The number of aryl methyl sites for hydroxylation is 1. The van der Waals surface area contributed by atoms with Crippen LogP contribution in [0.5, 0.6) is 5.75 Å². The lowest BCUT2D eigenvalue weighted by Gasteiger charge is -2.33. The van der Waals surface area contributed by atoms with Crippen LogP contribution in [0.25, 0.3) is 0 Å². The van der Waals surface area contributed by atoms with E-state index < -0.39 is 28.5 Å². The van der Waals surface area contributed by atoms with E-state index in [1.165, 1.54) is 4.90 Å². The highest BCUT2D eigenvalue weighted by Crippen LogP contribution is 2.30. The van der Waals surface area contributed by atoms with Gasteiger partial charge in [-0.25, -0.2) is 8.42 Å². The van der Waals surface area contributed by atoms with Gasteiger partial charge in [0, 0.05) is 13.1 Å². The van der Waals surface area contributed by atoms with E-state index in [4.69, 9.17) is 4.74 Å². The molecule has 0 saturated heterocycles. The normalized spacial score (nSPS) is 12.0. The molecule has 0 spiro atoms. The average Bonchev–Trinajstić information content (AvgIpc) is 2.82. The summed E-state index contributed by atoms with van der Waals surface area (Å²) in [4.78, 5) is 28.3. The van der Waals surface area contributed by atoms with Gasteiger partial charge in [-0.05, 0) is 44.4 Å². The largest absolute Gasteiger partial charge is 0.492 e. The molecule has 1 atom stereocenters. The van der Waals surface area contributed by atoms with Crippen LogP contribution in [-0.2, 0) is 26.2 Å². The molecule has 0 aliphatic heterocycles. The number of unbranched alkanes of at least 4 members (excludes halogenated alkanes) is 1. The maximum atomic E-state index is 13.8. The van der Waals surface area contributed by atoms with Crippen molar-refractivity contribution < 1.29 is 22.7 Å². The van der Waals surface area contributed by atoms with Crippen LogP contribution in [0.3, 0.4) is 0 Å². The standard InChI is InChI=1S/C27H39N3O5S/c1-6-9-17-28-27(32)23(7-2)29(19-22-14-12-13-21(4)18-22)26(31)20-30(36(5,33)34)24-15-10-11-16-25(24)35-8-3/h10-16,18,23H,6-9,17,19-20H2,1-5H3,(H,28,32)/t23-/m1/s1. The zero-order valence-electron chi connectivity index (χ0n) is 22.0. The minimum absolute atomic E-state index is 0.185. The van der Waals surface area contributed by atoms with Crippen molar-refractivity contribution in [1.82, 2.24) is 10.2 Å². The second-order valence-electron chi connectivity index (χ2n) is 8.75. The smallest absolute Gasteiger partial charge is 0.244 e. The fourth-order valence-electron chi connectivity index (χ4n) is 3.97. The molecule has 0 saturated carbocycles. The van der Waals surface area contributed by atoms with Crippen molar-refractivity contribution in [3.8, 4) is 5.75 Å². The van der Waals surface area contributed by atoms with Gasteiger partial charge in [-0.1, -0.05) is 62.2 Å². The molecule has 0 bridgehead atoms. The molecular weight excluding hydrogens is 478 g/mol. The SMILES string of the molecule is CCCCNC(=O)[C@@H](CC)N(Cc1cccc(C)c1)C(=O)CN(c1ccccc1OCC)S(C)(=O)=O. The number of hydrogen-bond acceptors (Lipinski definition) is 5. The third-order valence-electron chi connectivity index (χ3n) is 5.76. The molecule has 8 nitrogen and oxygen atoms in total. The van der Waals surface area contributed by atoms with E-state index >= 15 is 0 Å². The van der Waals surface area contributed by atoms with Crippen LogP contribution >= 0.6 is 0 Å². The number of anilines is 1. The third-order valence-corrected chi connectivity index (χ3v) is 6.89. The average molecular weight is 518 g/mol. The Labute approximate surface area is 215 Å². The fraction of sp³-hybridized carbons (Fsp3) is 0.481. The van der Waals surface area contributed by atoms with Crippen molar-refractivity contribution in [2.75, 3.05) is 30.3 Å². The molecule has 198 valence electrons. The Morgan fingerprint density at radius 3 is 2.39 bits per heavy atom. The van der Waals surface area contributed by atoms with Crippen molar-refractivity contribution in [3.05, 3.63) is 59.7 Å². The van der Waals surface area contributed by atoms with Gasteiger partial charge in [-0.3, -0.25) is 13.9 Å². The molecule has 0 aromatic heterocycles. The molecule has 0 aliphatic rings. The molecule has 9 heteroatoms. The number of ether oxygens (including phenoxy) is 1. The zero-order valence-corrected chi connectivity index (χ0v) is 22.8. The molecule has 2 rings (SSSR count). The minimum atomic E-state index is -3.83. The summed E-state index contributed by atoms with van der Waals surface area (Å²) in [6, 6.07) is 13.7. The number of rotatable bonds is 14. The van der Waals surface area contributed by atoms with Gasteiger partial charge in [0.2, 0.25) is 21.8 Å². The number of carbonyl (C=O) groups excluding carboxylic acids is 2. The summed E-state index contributed by atoms with van der Waals surface area (Å²) < 4.78 is 32.3. The van der Waals surface area contributed by atoms with Gasteiger partial charge < -0.3 is 15.0 Å². The monoisotopic (exact) mass is 517 g/mol. The molecular formula is C27H39N3O5S. The van der Waals surface area contributed by atoms with E-state index in [-0.39, 0.29) is 18.1 Å². The lowest BCUT2D eigenvalue weighted by atomic mass is 10.1. The Balaban J connectivity index is 2.45. The first-order chi connectivity index (χ1) is 17.1. The van der Waals surface area contributed by atoms with Gasteiger partial charge in [0.25, 0.3) is 0 Å². The summed E-state index contributed by atoms with van der Waals surface area (Å²) >= 11 is 0. The molecule has 0 heterocycles. The van der Waals surface area contributed by atoms with Gasteiger partial charge in [-0.15, -0.1) is 0 Å². The van der Waals surface area contributed by atoms with Crippen molar-refractivity contribution in [2.24, 2.45) is 0 Å². The Hall–Kier alpha value is -3.07. The number of sulfonamides is 1. The van der Waals surface area contributed by atoms with E-state index in [0.29, 0.717) is 25.3 Å². The number of nitrogens with zero attached hydrogens (tertiary/aromatic N) is 2. The quantitative estimate of drug-likeness (QED) is 0.384. The van der Waals surface area contributed by atoms with Crippen LogP contribution in [0.2, 0.25) is 0 Å². The second-order valence-corrected chi connectivity index (χ2v) is 10.7. The van der Waals surface area contributed by atoms with Crippen molar-refractivity contribution in [3.63, 3.8) is 0 Å². The Morgan fingerprint density at radius 1 is 1.06 bits per heavy atom. The van der Waals surface area contributed by atoms with Crippen LogP contribution in [0.1, 0.15) is 51.2 Å². The van der Waals surface area contributed by atoms with Gasteiger partial charge >= 0.3 is 0 Å². The van der Waals surface area contributed by atoms with Crippen LogP contribution in [0.4, 0.5) is 5.69 Å². The Morgan fingerprint density at radius 2 is 1.78 bits per heavy atom. The molecule has 36 heavy (non-hydrogen) atoms. The zero-order chi connectivity index (χ0) is 26.7. The Kier molecular flexibility index (Phi) is 11.2. The van der Waals surface area contributed by atoms with Crippen molar-refractivity contribution >= 4 is 27.5 Å². The molecule has 0 fully saturated rings. The van der Waals surface area contributed by atoms with Crippen LogP contribution in [-0.4, -0.2) is 57.1 Å². The minimum Gasteiger partial charge on any atom is -0.492 e. The topological polar surface area (TPSA) is 96.0 Å². The van der Waals surface area contributed by atoms with Crippen LogP contribution < -0.4 is 14.4 Å². The molecule has 0 aliphatic carbocycles. The summed E-state index contributed by atoms with van der Waals surface area (Å²) in [5, 5.41) is 2.92. The van der Waals surface area contributed by atoms with E-state index in [0.717, 1.165) is 34.5 Å². The number of para-hydroxylation sites is 2. The number of nitrogens with one attached hydrogen (secondary N) is 1. The third kappa shape index (κ3) is 8.26. The highest BCUT2D eigenvalue weighted by Gasteiger charge is 2.32. The number of carbonyl (C=O) groups is 2. The van der Waals surface area contributed by atoms with E-state index in [1.807, 2.05) is 45.0 Å². The number of benzene rings is 2. The molecule has 0 radical (unpaired) electrons. The first-order valence-electron chi connectivity index (χ1n) is 12.4. The van der Waals surface area contributed by atoms with Crippen molar-refractivity contribution in [1.29, 1.82) is 0 Å². The van der Waals surface area contributed by atoms with Gasteiger partial charge in [0.1, 0.15) is 18.3 Å². The van der Waals surface area contributed by atoms with Gasteiger partial charge in [0.15, 0.2) is 0 Å². The van der Waals surface area contributed by atoms with Gasteiger partial charge in [-0.2, -0.15) is 0 Å². The van der Waals surface area contributed by atoms with Gasteiger partial charge in [0.05, 0.1) is 18.6 Å². The van der Waals surface area contributed by atoms with Crippen LogP contribution in [0, 0.1) is 6.92 Å². The fourth-order valence-corrected chi connectivity index (χ4v) is 4.82. The second kappa shape index (κ2) is 13.9. The highest BCUT2D eigenvalue weighted by atomic mass is 32.2. The first-order valence-corrected chi connectivity index (χ1v) is 14.3. The molecule has 0 unspecified atom stereocenters. The summed E-state index contributed by atoms with van der Waals surface area (Å²) in [6.45, 7) is 8.25. The molecule has 1 N–H and O–H groups in total. The van der Waals surface area contributed by atoms with E-state index in [2.05, 4.69) is 5.32 Å². The maximum absolute atomic E-state index is 13.8. The predicted molar refractivity (Wildman–Crippen MR) is 144 cm³/mol. The highest BCUT2D eigenvalue weighted by molar-refractivity contribution is 7.92. The number of hydrogen-bond donors (Lipinski definition) is 1.